The van der Waals surface area contributed by atoms with E-state index in [1.165, 1.54) is 33.3 Å². The number of aliphatic hydroxyl groups is 1. The topological polar surface area (TPSA) is 336 Å². The summed E-state index contributed by atoms with van der Waals surface area (Å²) in [5, 5.41) is 37.6. The molecule has 13 rings (SSSR count). The smallest absolute Gasteiger partial charge is 0.416 e. The summed E-state index contributed by atoms with van der Waals surface area (Å²) in [6.07, 6.45) is 2.42. The molecule has 6 aliphatic rings. The Balaban J connectivity index is 0.568. The number of anilines is 4. The Kier molecular flexibility index (Phi) is 21.6. The Morgan fingerprint density at radius 1 is 0.692 bits per heavy atom. The predicted molar refractivity (Wildman–Crippen MR) is 396 cm³/mol. The van der Waals surface area contributed by atoms with Gasteiger partial charge in [0.25, 0.3) is 11.8 Å². The minimum absolute atomic E-state index is 0.0195. The van der Waals surface area contributed by atoms with E-state index in [2.05, 4.69) is 42.2 Å². The summed E-state index contributed by atoms with van der Waals surface area (Å²) < 4.78 is 31.8. The van der Waals surface area contributed by atoms with Gasteiger partial charge in [-0.2, -0.15) is 0 Å². The minimum atomic E-state index is -1.50. The maximum atomic E-state index is 14.5. The lowest BCUT2D eigenvalue weighted by atomic mass is 9.95. The lowest BCUT2D eigenvalue weighted by molar-refractivity contribution is -0.132. The van der Waals surface area contributed by atoms with Crippen LogP contribution in [0.2, 0.25) is 0 Å². The van der Waals surface area contributed by atoms with Crippen molar-refractivity contribution in [3.8, 4) is 45.5 Å². The fraction of sp³-hybridized carbons (Fsp3) is 0.380. The Hall–Kier alpha value is -11.8. The van der Waals surface area contributed by atoms with Crippen LogP contribution < -0.4 is 60.6 Å². The van der Waals surface area contributed by atoms with Gasteiger partial charge in [-0.15, -0.1) is 5.10 Å². The van der Waals surface area contributed by atoms with Gasteiger partial charge in [0.05, 0.1) is 93.0 Å². The van der Waals surface area contributed by atoms with E-state index in [9.17, 15) is 48.3 Å². The van der Waals surface area contributed by atoms with Crippen molar-refractivity contribution < 1.29 is 71.9 Å². The molecule has 1 saturated carbocycles. The third kappa shape index (κ3) is 15.8. The average Bonchev–Trinajstić information content (AvgIpc) is 1.53. The van der Waals surface area contributed by atoms with Crippen molar-refractivity contribution >= 4 is 81.7 Å². The van der Waals surface area contributed by atoms with Gasteiger partial charge in [0, 0.05) is 73.5 Å². The second-order valence-corrected chi connectivity index (χ2v) is 28.4. The predicted octanol–water partition coefficient (Wildman–Crippen LogP) is 8.35. The Bertz CT molecular complexity index is 4630. The normalized spacial score (nSPS) is 17.6. The molecule has 2 fully saturated rings. The van der Waals surface area contributed by atoms with Crippen LogP contribution in [0, 0.1) is 11.3 Å². The molecule has 5 aliphatic heterocycles. The van der Waals surface area contributed by atoms with Crippen LogP contribution in [0.15, 0.2) is 134 Å². The molecule has 7 N–H and O–H groups in total. The maximum absolute atomic E-state index is 14.5. The third-order valence-corrected chi connectivity index (χ3v) is 20.3. The number of aromatic nitrogens is 3. The second kappa shape index (κ2) is 31.5. The number of hydrogen-bond acceptors (Lipinski definition) is 18. The number of benzene rings is 6. The number of carbonyl (C=O) groups excluding carboxylic acids is 9. The van der Waals surface area contributed by atoms with Gasteiger partial charge in [-0.3, -0.25) is 38.4 Å². The van der Waals surface area contributed by atoms with Crippen molar-refractivity contribution in [2.45, 2.75) is 129 Å². The summed E-state index contributed by atoms with van der Waals surface area (Å²) in [6, 6.07) is 35.0. The van der Waals surface area contributed by atoms with Crippen LogP contribution in [0.25, 0.3) is 28.1 Å². The van der Waals surface area contributed by atoms with Gasteiger partial charge in [-0.25, -0.2) is 14.4 Å². The highest BCUT2D eigenvalue weighted by molar-refractivity contribution is 6.07. The fourth-order valence-corrected chi connectivity index (χ4v) is 14.4. The molecule has 6 heterocycles. The summed E-state index contributed by atoms with van der Waals surface area (Å²) in [5.41, 5.74) is 8.70. The van der Waals surface area contributed by atoms with E-state index >= 15 is 0 Å². The van der Waals surface area contributed by atoms with Crippen molar-refractivity contribution in [2.24, 2.45) is 11.3 Å². The van der Waals surface area contributed by atoms with Crippen LogP contribution in [-0.2, 0) is 46.7 Å². The first-order valence-corrected chi connectivity index (χ1v) is 36.0. The van der Waals surface area contributed by atoms with Crippen molar-refractivity contribution in [2.75, 3.05) is 74.0 Å². The zero-order chi connectivity index (χ0) is 75.4. The van der Waals surface area contributed by atoms with Gasteiger partial charge < -0.3 is 75.4 Å². The number of methoxy groups -OCH3 is 2. The summed E-state index contributed by atoms with van der Waals surface area (Å²) in [7, 11) is 2.95. The highest BCUT2D eigenvalue weighted by Gasteiger charge is 2.58. The molecule has 107 heavy (non-hydrogen) atoms. The molecule has 0 bridgehead atoms. The van der Waals surface area contributed by atoms with Gasteiger partial charge in [-0.1, -0.05) is 104 Å². The average molecular weight is 1460 g/mol. The highest BCUT2D eigenvalue weighted by Crippen LogP contribution is 2.57. The van der Waals surface area contributed by atoms with Gasteiger partial charge >= 0.3 is 6.09 Å². The van der Waals surface area contributed by atoms with Gasteiger partial charge in [-0.05, 0) is 110 Å². The Labute approximate surface area is 618 Å². The fourth-order valence-electron chi connectivity index (χ4n) is 14.4. The number of para-hydroxylation sites is 1. The number of nitrogens with zero attached hydrogens (tertiary/aromatic N) is 7. The third-order valence-electron chi connectivity index (χ3n) is 20.3. The van der Waals surface area contributed by atoms with Crippen LogP contribution in [0.5, 0.6) is 23.0 Å². The SMILES string of the molecule is COc1cc2c(cc1OCCCOc1cc3c(cc1OC)C(=O)N1CC4(CC4)C[C@H]1C(O)N3C(=O)OCc1ccc(NC(=O)[C@H](C)NC(=O)[C@@H](NC(=O)CNC(=O)CNC(=O)CCC(=O)N3Cc4ccccc4-c4c(nnn4C(C)C)-c4ccccc43)C(C)C)cc1)NC[C@@H]1CC(c3ccccc3)=CN1C2=O. The molecule has 1 spiro atoms. The molecule has 0 radical (unpaired) electrons. The molecule has 1 aromatic heterocycles. The number of fused-ring (bicyclic) bond motifs is 9. The Morgan fingerprint density at radius 3 is 2.07 bits per heavy atom. The first-order chi connectivity index (χ1) is 51.6. The Morgan fingerprint density at radius 2 is 1.36 bits per heavy atom. The van der Waals surface area contributed by atoms with Crippen LogP contribution in [0.3, 0.4) is 0 Å². The number of ether oxygens (including phenoxy) is 5. The van der Waals surface area contributed by atoms with Crippen LogP contribution in [0.4, 0.5) is 27.5 Å². The lowest BCUT2D eigenvalue weighted by Gasteiger charge is -2.31. The van der Waals surface area contributed by atoms with E-state index in [4.69, 9.17) is 23.7 Å². The van der Waals surface area contributed by atoms with Crippen molar-refractivity contribution in [3.05, 3.63) is 161 Å². The zero-order valence-electron chi connectivity index (χ0n) is 60.6. The van der Waals surface area contributed by atoms with E-state index in [0.717, 1.165) is 51.3 Å². The quantitative estimate of drug-likeness (QED) is 0.0264. The monoisotopic (exact) mass is 1460 g/mol. The van der Waals surface area contributed by atoms with Gasteiger partial charge in [0.2, 0.25) is 35.4 Å². The largest absolute Gasteiger partial charge is 0.493 e. The van der Waals surface area contributed by atoms with Crippen LogP contribution in [0.1, 0.15) is 123 Å². The molecule has 28 nitrogen and oxygen atoms in total. The molecule has 6 aromatic carbocycles. The van der Waals surface area contributed by atoms with E-state index in [0.29, 0.717) is 77.7 Å². The maximum Gasteiger partial charge on any atom is 0.416 e. The molecule has 7 aromatic rings. The molecule has 5 atom stereocenters. The first kappa shape index (κ1) is 73.5. The van der Waals surface area contributed by atoms with Crippen molar-refractivity contribution in [1.29, 1.82) is 0 Å². The molecule has 558 valence electrons. The van der Waals surface area contributed by atoms with E-state index < -0.39 is 79.0 Å². The number of carbonyl (C=O) groups is 9. The number of aliphatic hydroxyl groups excluding tert-OH is 1. The minimum Gasteiger partial charge on any atom is -0.493 e. The van der Waals surface area contributed by atoms with Gasteiger partial charge in [0.15, 0.2) is 29.2 Å². The number of rotatable bonds is 25. The summed E-state index contributed by atoms with van der Waals surface area (Å²) >= 11 is 0. The van der Waals surface area contributed by atoms with Crippen molar-refractivity contribution in [1.82, 2.24) is 46.1 Å². The summed E-state index contributed by atoms with van der Waals surface area (Å²) in [4.78, 5) is 129. The number of nitrogens with one attached hydrogen (secondary N) is 6. The molecule has 1 unspecified atom stereocenters. The molecule has 1 aliphatic carbocycles. The zero-order valence-corrected chi connectivity index (χ0v) is 60.6. The molecular weight excluding hydrogens is 1370 g/mol. The van der Waals surface area contributed by atoms with E-state index in [1.54, 1.807) is 64.9 Å². The molecule has 1 saturated heterocycles. The molecular formula is C79H87N13O15. The molecule has 28 heteroatoms. The molecule has 9 amide bonds. The number of amides is 9. The second-order valence-electron chi connectivity index (χ2n) is 28.4. The standard InChI is InChI=1S/C79H87N13O15/c1-45(2)70(85-68(95)40-82-67(94)39-81-66(93)26-27-69(96)89-41-50-18-11-12-19-54(50)72-71(86-87-92(72)46(3)4)55-20-13-14-21-59(55)89)74(98)83-47(5)73(97)84-52-24-22-48(23-25-52)43-107-78(102)91-60-36-65(63(104-7)34-57(60)76(100)90-44-79(28-29-79)37-61(90)77(91)101)106-31-15-30-105-64-35-58-56(33-62(64)103-6)75(99)88-42-51(32-53(88)38-80-58)49-16-9-8-10-17-49/h8-14,16-25,33-36,42,45-47,53,61,70,77,80,101H,15,26-32,37-41,43-44H2,1-7H3,(H,81,93)(H,82,94)(H,83,98)(H,84,97)(H,85,95)/t47-,53-,61-,70-,77?/m0/s1. The van der Waals surface area contributed by atoms with Crippen LogP contribution >= 0.6 is 0 Å². The highest BCUT2D eigenvalue weighted by atomic mass is 16.6. The van der Waals surface area contributed by atoms with E-state index in [-0.39, 0.29) is 97.2 Å². The van der Waals surface area contributed by atoms with E-state index in [1.807, 2.05) is 104 Å². The summed E-state index contributed by atoms with van der Waals surface area (Å²) in [5.74, 6) is -3.29. The van der Waals surface area contributed by atoms with Gasteiger partial charge in [0.1, 0.15) is 24.4 Å². The number of hydrogen-bond donors (Lipinski definition) is 7. The summed E-state index contributed by atoms with van der Waals surface area (Å²) in [6.45, 7) is 9.06. The first-order valence-electron chi connectivity index (χ1n) is 36.0. The lowest BCUT2D eigenvalue weighted by Crippen LogP contribution is -2.55. The van der Waals surface area contributed by atoms with Crippen molar-refractivity contribution in [3.63, 3.8) is 0 Å². The van der Waals surface area contributed by atoms with Crippen LogP contribution in [-0.4, -0.2) is 167 Å².